The van der Waals surface area contributed by atoms with E-state index in [1.807, 2.05) is 19.1 Å². The molecule has 1 amide bonds. The van der Waals surface area contributed by atoms with Crippen molar-refractivity contribution in [3.63, 3.8) is 0 Å². The van der Waals surface area contributed by atoms with Gasteiger partial charge in [-0.3, -0.25) is 9.69 Å². The smallest absolute Gasteiger partial charge is 0.224 e. The lowest BCUT2D eigenvalue weighted by atomic mass is 10.1. The Morgan fingerprint density at radius 3 is 3.10 bits per heavy atom. The fourth-order valence-corrected chi connectivity index (χ4v) is 2.54. The number of carbonyl (C=O) groups is 1. The highest BCUT2D eigenvalue weighted by molar-refractivity contribution is 5.91. The Labute approximate surface area is 126 Å². The van der Waals surface area contributed by atoms with Crippen LogP contribution in [0.1, 0.15) is 25.3 Å². The van der Waals surface area contributed by atoms with Crippen LogP contribution in [0, 0.1) is 6.92 Å². The summed E-state index contributed by atoms with van der Waals surface area (Å²) in [6, 6.07) is 5.56. The van der Waals surface area contributed by atoms with Crippen LogP contribution >= 0.6 is 0 Å². The van der Waals surface area contributed by atoms with Crippen molar-refractivity contribution in [1.29, 1.82) is 0 Å². The highest BCUT2D eigenvalue weighted by atomic mass is 16.5. The summed E-state index contributed by atoms with van der Waals surface area (Å²) in [4.78, 5) is 14.3. The van der Waals surface area contributed by atoms with Gasteiger partial charge in [0, 0.05) is 30.9 Å². The van der Waals surface area contributed by atoms with E-state index in [0.29, 0.717) is 18.2 Å². The van der Waals surface area contributed by atoms with E-state index in [-0.39, 0.29) is 5.91 Å². The minimum Gasteiger partial charge on any atom is -0.399 e. The Morgan fingerprint density at radius 2 is 2.33 bits per heavy atom. The number of hydrogen-bond acceptors (Lipinski definition) is 4. The summed E-state index contributed by atoms with van der Waals surface area (Å²) >= 11 is 0. The molecule has 21 heavy (non-hydrogen) atoms. The SMILES string of the molecule is Cc1ccc(N)cc1NC(=O)CCCN1CCOC(C)C1. The van der Waals surface area contributed by atoms with Gasteiger partial charge in [0.05, 0.1) is 12.7 Å². The lowest BCUT2D eigenvalue weighted by molar-refractivity contribution is -0.116. The summed E-state index contributed by atoms with van der Waals surface area (Å²) in [6.45, 7) is 7.69. The van der Waals surface area contributed by atoms with Gasteiger partial charge in [0.15, 0.2) is 0 Å². The lowest BCUT2D eigenvalue weighted by Gasteiger charge is -2.30. The van der Waals surface area contributed by atoms with Crippen LogP contribution in [0.15, 0.2) is 18.2 Å². The van der Waals surface area contributed by atoms with Gasteiger partial charge in [-0.1, -0.05) is 6.07 Å². The molecule has 2 rings (SSSR count). The maximum atomic E-state index is 12.0. The number of ether oxygens (including phenoxy) is 1. The molecule has 1 fully saturated rings. The number of anilines is 2. The predicted molar refractivity (Wildman–Crippen MR) is 85.3 cm³/mol. The number of nitrogens with one attached hydrogen (secondary N) is 1. The number of nitrogen functional groups attached to an aromatic ring is 1. The molecule has 3 N–H and O–H groups in total. The average molecular weight is 291 g/mol. The number of carbonyl (C=O) groups excluding carboxylic acids is 1. The van der Waals surface area contributed by atoms with E-state index < -0.39 is 0 Å². The number of benzene rings is 1. The zero-order valence-corrected chi connectivity index (χ0v) is 12.9. The topological polar surface area (TPSA) is 67.6 Å². The van der Waals surface area contributed by atoms with Crippen LogP contribution in [0.2, 0.25) is 0 Å². The molecule has 0 aliphatic carbocycles. The molecule has 0 aromatic heterocycles. The van der Waals surface area contributed by atoms with Gasteiger partial charge in [-0.15, -0.1) is 0 Å². The summed E-state index contributed by atoms with van der Waals surface area (Å²) in [6.07, 6.45) is 1.68. The molecule has 116 valence electrons. The van der Waals surface area contributed by atoms with Gasteiger partial charge in [0.2, 0.25) is 5.91 Å². The van der Waals surface area contributed by atoms with E-state index in [1.54, 1.807) is 6.07 Å². The second-order valence-corrected chi connectivity index (χ2v) is 5.71. The van der Waals surface area contributed by atoms with E-state index >= 15 is 0 Å². The minimum atomic E-state index is 0.0463. The Balaban J connectivity index is 1.73. The highest BCUT2D eigenvalue weighted by Crippen LogP contribution is 2.18. The minimum absolute atomic E-state index is 0.0463. The molecule has 0 spiro atoms. The monoisotopic (exact) mass is 291 g/mol. The van der Waals surface area contributed by atoms with Gasteiger partial charge in [-0.25, -0.2) is 0 Å². The maximum absolute atomic E-state index is 12.0. The Bertz CT molecular complexity index is 490. The maximum Gasteiger partial charge on any atom is 0.224 e. The van der Waals surface area contributed by atoms with Crippen molar-refractivity contribution in [2.75, 3.05) is 37.3 Å². The molecular weight excluding hydrogens is 266 g/mol. The van der Waals surface area contributed by atoms with Gasteiger partial charge in [0.1, 0.15) is 0 Å². The van der Waals surface area contributed by atoms with E-state index in [9.17, 15) is 4.79 Å². The van der Waals surface area contributed by atoms with E-state index in [0.717, 1.165) is 43.9 Å². The number of amides is 1. The number of nitrogens with zero attached hydrogens (tertiary/aromatic N) is 1. The fourth-order valence-electron chi connectivity index (χ4n) is 2.54. The molecule has 5 nitrogen and oxygen atoms in total. The molecule has 1 unspecified atom stereocenters. The molecule has 0 saturated carbocycles. The van der Waals surface area contributed by atoms with Crippen molar-refractivity contribution >= 4 is 17.3 Å². The third-order valence-electron chi connectivity index (χ3n) is 3.74. The Hall–Kier alpha value is -1.59. The van der Waals surface area contributed by atoms with Crippen LogP contribution < -0.4 is 11.1 Å². The summed E-state index contributed by atoms with van der Waals surface area (Å²) in [5.41, 5.74) is 8.24. The molecule has 1 aliphatic heterocycles. The van der Waals surface area contributed by atoms with Crippen molar-refractivity contribution in [2.45, 2.75) is 32.8 Å². The molecule has 1 heterocycles. The number of aryl methyl sites for hydroxylation is 1. The Morgan fingerprint density at radius 1 is 1.52 bits per heavy atom. The standard InChI is InChI=1S/C16H25N3O2/c1-12-5-6-14(17)10-15(12)18-16(20)4-3-7-19-8-9-21-13(2)11-19/h5-6,10,13H,3-4,7-9,11,17H2,1-2H3,(H,18,20). The van der Waals surface area contributed by atoms with Crippen LogP contribution in [0.25, 0.3) is 0 Å². The van der Waals surface area contributed by atoms with Crippen LogP contribution in [-0.2, 0) is 9.53 Å². The first-order valence-corrected chi connectivity index (χ1v) is 7.54. The number of rotatable bonds is 5. The van der Waals surface area contributed by atoms with Crippen molar-refractivity contribution < 1.29 is 9.53 Å². The predicted octanol–water partition coefficient (Wildman–Crippen LogP) is 2.02. The zero-order chi connectivity index (χ0) is 15.2. The van der Waals surface area contributed by atoms with Gasteiger partial charge < -0.3 is 15.8 Å². The fraction of sp³-hybridized carbons (Fsp3) is 0.562. The van der Waals surface area contributed by atoms with Gasteiger partial charge in [-0.05, 0) is 44.5 Å². The van der Waals surface area contributed by atoms with Gasteiger partial charge in [-0.2, -0.15) is 0 Å². The third kappa shape index (κ3) is 5.02. The highest BCUT2D eigenvalue weighted by Gasteiger charge is 2.16. The van der Waals surface area contributed by atoms with Crippen molar-refractivity contribution in [1.82, 2.24) is 4.90 Å². The van der Waals surface area contributed by atoms with Crippen LogP contribution in [-0.4, -0.2) is 43.2 Å². The summed E-state index contributed by atoms with van der Waals surface area (Å²) in [5, 5.41) is 2.94. The quantitative estimate of drug-likeness (QED) is 0.814. The van der Waals surface area contributed by atoms with Crippen molar-refractivity contribution in [2.24, 2.45) is 0 Å². The molecule has 5 heteroatoms. The first-order chi connectivity index (χ1) is 10.0. The number of hydrogen-bond donors (Lipinski definition) is 2. The van der Waals surface area contributed by atoms with E-state index in [1.165, 1.54) is 0 Å². The normalized spacial score (nSPS) is 19.4. The van der Waals surface area contributed by atoms with Gasteiger partial charge in [0.25, 0.3) is 0 Å². The molecule has 1 saturated heterocycles. The molecule has 1 aliphatic rings. The molecule has 1 atom stereocenters. The lowest BCUT2D eigenvalue weighted by Crippen LogP contribution is -2.41. The third-order valence-corrected chi connectivity index (χ3v) is 3.74. The van der Waals surface area contributed by atoms with Crippen LogP contribution in [0.3, 0.4) is 0 Å². The molecule has 1 aromatic rings. The van der Waals surface area contributed by atoms with E-state index in [4.69, 9.17) is 10.5 Å². The second kappa shape index (κ2) is 7.43. The molecule has 0 radical (unpaired) electrons. The first-order valence-electron chi connectivity index (χ1n) is 7.54. The van der Waals surface area contributed by atoms with Gasteiger partial charge >= 0.3 is 0 Å². The molecule has 1 aromatic carbocycles. The number of morpholine rings is 1. The second-order valence-electron chi connectivity index (χ2n) is 5.71. The molecule has 0 bridgehead atoms. The summed E-state index contributed by atoms with van der Waals surface area (Å²) in [5.74, 6) is 0.0463. The van der Waals surface area contributed by atoms with Crippen molar-refractivity contribution in [3.8, 4) is 0 Å². The van der Waals surface area contributed by atoms with Crippen LogP contribution in [0.4, 0.5) is 11.4 Å². The number of nitrogens with two attached hydrogens (primary N) is 1. The summed E-state index contributed by atoms with van der Waals surface area (Å²) in [7, 11) is 0. The van der Waals surface area contributed by atoms with Crippen LogP contribution in [0.5, 0.6) is 0 Å². The first kappa shape index (κ1) is 15.8. The summed E-state index contributed by atoms with van der Waals surface area (Å²) < 4.78 is 5.51. The largest absolute Gasteiger partial charge is 0.399 e. The molecular formula is C16H25N3O2. The average Bonchev–Trinajstić information content (AvgIpc) is 2.43. The van der Waals surface area contributed by atoms with Crippen molar-refractivity contribution in [3.05, 3.63) is 23.8 Å². The van der Waals surface area contributed by atoms with E-state index in [2.05, 4.69) is 17.1 Å². The zero-order valence-electron chi connectivity index (χ0n) is 12.9. The Kier molecular flexibility index (Phi) is 5.59.